The van der Waals surface area contributed by atoms with E-state index in [0.29, 0.717) is 22.4 Å². The van der Waals surface area contributed by atoms with Crippen molar-refractivity contribution >= 4 is 28.6 Å². The summed E-state index contributed by atoms with van der Waals surface area (Å²) in [6.45, 7) is 7.53. The summed E-state index contributed by atoms with van der Waals surface area (Å²) in [6, 6.07) is 5.66. The van der Waals surface area contributed by atoms with Gasteiger partial charge in [-0.15, -0.1) is 0 Å². The summed E-state index contributed by atoms with van der Waals surface area (Å²) in [5.74, 6) is -0.670. The number of aryl methyl sites for hydroxylation is 4. The number of amides is 2. The lowest BCUT2D eigenvalue weighted by Gasteiger charge is -2.13. The SMILES string of the molecule is Cc1cc(C)c(NC(=O)CNC(=O)c2cnc3onc(C)c3c2)c(C)c1. The number of fused-ring (bicyclic) bond motifs is 1. The van der Waals surface area contributed by atoms with Crippen LogP contribution in [0.25, 0.3) is 11.1 Å². The first-order valence-electron chi connectivity index (χ1n) is 8.23. The second-order valence-corrected chi connectivity index (χ2v) is 6.35. The number of aromatic nitrogens is 2. The van der Waals surface area contributed by atoms with Crippen molar-refractivity contribution in [2.75, 3.05) is 11.9 Å². The van der Waals surface area contributed by atoms with Crippen LogP contribution < -0.4 is 10.6 Å². The molecule has 0 aliphatic rings. The van der Waals surface area contributed by atoms with E-state index in [1.165, 1.54) is 6.20 Å². The van der Waals surface area contributed by atoms with Gasteiger partial charge in [-0.3, -0.25) is 9.59 Å². The Balaban J connectivity index is 1.65. The zero-order valence-corrected chi connectivity index (χ0v) is 15.1. The molecule has 0 fully saturated rings. The fourth-order valence-corrected chi connectivity index (χ4v) is 2.89. The van der Waals surface area contributed by atoms with E-state index < -0.39 is 0 Å². The number of carbonyl (C=O) groups excluding carboxylic acids is 2. The third-order valence-electron chi connectivity index (χ3n) is 4.12. The molecule has 2 N–H and O–H groups in total. The average molecular weight is 352 g/mol. The normalized spacial score (nSPS) is 10.8. The van der Waals surface area contributed by atoms with Gasteiger partial charge in [0, 0.05) is 11.9 Å². The molecule has 3 aromatic rings. The molecule has 0 unspecified atom stereocenters. The highest BCUT2D eigenvalue weighted by Gasteiger charge is 2.13. The van der Waals surface area contributed by atoms with E-state index in [9.17, 15) is 9.59 Å². The first kappa shape index (κ1) is 17.6. The van der Waals surface area contributed by atoms with Crippen LogP contribution in [-0.4, -0.2) is 28.5 Å². The predicted octanol–water partition coefficient (Wildman–Crippen LogP) is 2.82. The number of hydrogen-bond acceptors (Lipinski definition) is 5. The van der Waals surface area contributed by atoms with Crippen LogP contribution in [0.2, 0.25) is 0 Å². The molecular weight excluding hydrogens is 332 g/mol. The average Bonchev–Trinajstić information content (AvgIpc) is 2.96. The van der Waals surface area contributed by atoms with E-state index in [1.807, 2.05) is 32.9 Å². The first-order chi connectivity index (χ1) is 12.3. The van der Waals surface area contributed by atoms with Gasteiger partial charge < -0.3 is 15.2 Å². The van der Waals surface area contributed by atoms with Crippen molar-refractivity contribution in [1.29, 1.82) is 0 Å². The van der Waals surface area contributed by atoms with Gasteiger partial charge in [0.05, 0.1) is 23.2 Å². The lowest BCUT2D eigenvalue weighted by Crippen LogP contribution is -2.33. The molecule has 1 aromatic carbocycles. The topological polar surface area (TPSA) is 97.1 Å². The summed E-state index contributed by atoms with van der Waals surface area (Å²) in [5, 5.41) is 9.94. The van der Waals surface area contributed by atoms with Crippen LogP contribution in [0.3, 0.4) is 0 Å². The van der Waals surface area contributed by atoms with Crippen molar-refractivity contribution in [2.45, 2.75) is 27.7 Å². The van der Waals surface area contributed by atoms with Crippen molar-refractivity contribution in [2.24, 2.45) is 0 Å². The fourth-order valence-electron chi connectivity index (χ4n) is 2.89. The number of hydrogen-bond donors (Lipinski definition) is 2. The summed E-state index contributed by atoms with van der Waals surface area (Å²) in [5.41, 5.74) is 5.27. The number of carbonyl (C=O) groups is 2. The molecule has 0 saturated heterocycles. The Hall–Kier alpha value is -3.22. The third kappa shape index (κ3) is 3.56. The standard InChI is InChI=1S/C19H20N4O3/c1-10-5-11(2)17(12(3)6-10)22-16(24)9-20-18(25)14-7-15-13(4)23-26-19(15)21-8-14/h5-8H,9H2,1-4H3,(H,20,25)(H,22,24). The number of nitrogens with one attached hydrogen (secondary N) is 2. The maximum atomic E-state index is 12.3. The van der Waals surface area contributed by atoms with E-state index in [2.05, 4.69) is 20.8 Å². The quantitative estimate of drug-likeness (QED) is 0.752. The van der Waals surface area contributed by atoms with Gasteiger partial charge in [0.2, 0.25) is 5.91 Å². The number of benzene rings is 1. The molecule has 0 aliphatic carbocycles. The first-order valence-corrected chi connectivity index (χ1v) is 8.23. The van der Waals surface area contributed by atoms with Crippen LogP contribution in [0.5, 0.6) is 0 Å². The Morgan fingerprint density at radius 3 is 2.46 bits per heavy atom. The minimum Gasteiger partial charge on any atom is -0.343 e. The Morgan fingerprint density at radius 2 is 1.77 bits per heavy atom. The van der Waals surface area contributed by atoms with Crippen LogP contribution in [0, 0.1) is 27.7 Å². The van der Waals surface area contributed by atoms with Crippen LogP contribution in [-0.2, 0) is 4.79 Å². The highest BCUT2D eigenvalue weighted by Crippen LogP contribution is 2.21. The molecule has 3 rings (SSSR count). The number of anilines is 1. The van der Waals surface area contributed by atoms with Gasteiger partial charge in [0.1, 0.15) is 0 Å². The van der Waals surface area contributed by atoms with E-state index in [0.717, 1.165) is 22.4 Å². The Morgan fingerprint density at radius 1 is 1.08 bits per heavy atom. The van der Waals surface area contributed by atoms with Crippen molar-refractivity contribution in [3.63, 3.8) is 0 Å². The van der Waals surface area contributed by atoms with Gasteiger partial charge in [-0.1, -0.05) is 22.9 Å². The van der Waals surface area contributed by atoms with Crippen LogP contribution in [0.1, 0.15) is 32.7 Å². The molecule has 7 nitrogen and oxygen atoms in total. The minimum absolute atomic E-state index is 0.133. The van der Waals surface area contributed by atoms with Crippen LogP contribution in [0.15, 0.2) is 28.9 Å². The van der Waals surface area contributed by atoms with E-state index in [1.54, 1.807) is 13.0 Å². The molecule has 0 atom stereocenters. The molecule has 26 heavy (non-hydrogen) atoms. The maximum absolute atomic E-state index is 12.3. The van der Waals surface area contributed by atoms with E-state index in [4.69, 9.17) is 4.52 Å². The highest BCUT2D eigenvalue weighted by atomic mass is 16.5. The number of rotatable bonds is 4. The summed E-state index contributed by atoms with van der Waals surface area (Å²) >= 11 is 0. The minimum atomic E-state index is -0.382. The molecule has 0 aliphatic heterocycles. The molecule has 0 radical (unpaired) electrons. The fraction of sp³-hybridized carbons (Fsp3) is 0.263. The molecule has 0 bridgehead atoms. The second-order valence-electron chi connectivity index (χ2n) is 6.35. The van der Waals surface area contributed by atoms with Gasteiger partial charge in [0.25, 0.3) is 11.6 Å². The smallest absolute Gasteiger partial charge is 0.257 e. The third-order valence-corrected chi connectivity index (χ3v) is 4.12. The zero-order chi connectivity index (χ0) is 18.8. The second kappa shape index (κ2) is 6.95. The lowest BCUT2D eigenvalue weighted by molar-refractivity contribution is -0.115. The molecular formula is C19H20N4O3. The zero-order valence-electron chi connectivity index (χ0n) is 15.1. The van der Waals surface area contributed by atoms with Gasteiger partial charge in [-0.25, -0.2) is 4.98 Å². The summed E-state index contributed by atoms with van der Waals surface area (Å²) in [7, 11) is 0. The summed E-state index contributed by atoms with van der Waals surface area (Å²) in [6.07, 6.45) is 1.40. The molecule has 134 valence electrons. The molecule has 0 spiro atoms. The van der Waals surface area contributed by atoms with E-state index in [-0.39, 0.29) is 18.4 Å². The monoisotopic (exact) mass is 352 g/mol. The largest absolute Gasteiger partial charge is 0.343 e. The van der Waals surface area contributed by atoms with Crippen LogP contribution in [0.4, 0.5) is 5.69 Å². The van der Waals surface area contributed by atoms with Crippen molar-refractivity contribution in [1.82, 2.24) is 15.5 Å². The number of nitrogens with zero attached hydrogens (tertiary/aromatic N) is 2. The highest BCUT2D eigenvalue weighted by molar-refractivity contribution is 6.01. The Kier molecular flexibility index (Phi) is 4.71. The summed E-state index contributed by atoms with van der Waals surface area (Å²) < 4.78 is 5.02. The number of pyridine rings is 1. The van der Waals surface area contributed by atoms with E-state index >= 15 is 0 Å². The van der Waals surface area contributed by atoms with Gasteiger partial charge >= 0.3 is 0 Å². The molecule has 2 amide bonds. The molecule has 2 aromatic heterocycles. The molecule has 7 heteroatoms. The maximum Gasteiger partial charge on any atom is 0.257 e. The van der Waals surface area contributed by atoms with Crippen LogP contribution >= 0.6 is 0 Å². The lowest BCUT2D eigenvalue weighted by atomic mass is 10.1. The predicted molar refractivity (Wildman–Crippen MR) is 98.2 cm³/mol. The Bertz CT molecular complexity index is 984. The van der Waals surface area contributed by atoms with Crippen molar-refractivity contribution in [3.05, 3.63) is 52.3 Å². The van der Waals surface area contributed by atoms with Crippen molar-refractivity contribution < 1.29 is 14.1 Å². The summed E-state index contributed by atoms with van der Waals surface area (Å²) in [4.78, 5) is 28.5. The molecule has 2 heterocycles. The molecule has 0 saturated carbocycles. The van der Waals surface area contributed by atoms with Crippen molar-refractivity contribution in [3.8, 4) is 0 Å². The van der Waals surface area contributed by atoms with Gasteiger partial charge in [-0.2, -0.15) is 0 Å². The van der Waals surface area contributed by atoms with Gasteiger partial charge in [0.15, 0.2) is 0 Å². The Labute approximate surface area is 150 Å². The van der Waals surface area contributed by atoms with Gasteiger partial charge in [-0.05, 0) is 44.9 Å².